The van der Waals surface area contributed by atoms with Crippen LogP contribution in [0.1, 0.15) is 12.0 Å². The third-order valence-electron chi connectivity index (χ3n) is 3.33. The van der Waals surface area contributed by atoms with Gasteiger partial charge in [-0.05, 0) is 5.56 Å². The SMILES string of the molecule is O=C(CCn1cc(Cl)cn1)Nc1nn(Cc2ccccc2)cc1Cl. The summed E-state index contributed by atoms with van der Waals surface area (Å²) in [5.74, 6) is 0.171. The molecule has 0 atom stereocenters. The first kappa shape index (κ1) is 16.5. The Balaban J connectivity index is 1.57. The Morgan fingerprint density at radius 2 is 1.92 bits per heavy atom. The molecule has 124 valence electrons. The maximum absolute atomic E-state index is 12.0. The van der Waals surface area contributed by atoms with Gasteiger partial charge < -0.3 is 5.32 Å². The summed E-state index contributed by atoms with van der Waals surface area (Å²) in [6.07, 6.45) is 5.13. The van der Waals surface area contributed by atoms with Gasteiger partial charge in [0, 0.05) is 25.4 Å². The molecule has 0 aliphatic heterocycles. The molecule has 1 N–H and O–H groups in total. The van der Waals surface area contributed by atoms with Crippen molar-refractivity contribution in [2.45, 2.75) is 19.5 Å². The molecule has 2 heterocycles. The van der Waals surface area contributed by atoms with Crippen molar-refractivity contribution >= 4 is 34.9 Å². The Kier molecular flexibility index (Phi) is 5.17. The molecule has 1 amide bonds. The van der Waals surface area contributed by atoms with Gasteiger partial charge in [0.05, 0.1) is 17.8 Å². The third-order valence-corrected chi connectivity index (χ3v) is 3.80. The highest BCUT2D eigenvalue weighted by Gasteiger charge is 2.11. The zero-order valence-corrected chi connectivity index (χ0v) is 14.2. The number of nitrogens with one attached hydrogen (secondary N) is 1. The summed E-state index contributed by atoms with van der Waals surface area (Å²) in [6.45, 7) is 1.02. The van der Waals surface area contributed by atoms with Gasteiger partial charge in [0.1, 0.15) is 5.02 Å². The van der Waals surface area contributed by atoms with Crippen LogP contribution in [0.5, 0.6) is 0 Å². The second kappa shape index (κ2) is 7.51. The van der Waals surface area contributed by atoms with Gasteiger partial charge in [-0.2, -0.15) is 10.2 Å². The molecule has 3 rings (SSSR count). The van der Waals surface area contributed by atoms with E-state index in [1.54, 1.807) is 21.8 Å². The van der Waals surface area contributed by atoms with E-state index in [2.05, 4.69) is 15.5 Å². The first-order valence-corrected chi connectivity index (χ1v) is 8.10. The van der Waals surface area contributed by atoms with E-state index in [-0.39, 0.29) is 12.3 Å². The zero-order chi connectivity index (χ0) is 16.9. The lowest BCUT2D eigenvalue weighted by Gasteiger charge is -2.03. The Bertz CT molecular complexity index is 828. The van der Waals surface area contributed by atoms with Crippen molar-refractivity contribution in [2.24, 2.45) is 0 Å². The summed E-state index contributed by atoms with van der Waals surface area (Å²) < 4.78 is 3.30. The first-order chi connectivity index (χ1) is 11.6. The lowest BCUT2D eigenvalue weighted by molar-refractivity contribution is -0.116. The monoisotopic (exact) mass is 363 g/mol. The minimum atomic E-state index is -0.187. The number of anilines is 1. The van der Waals surface area contributed by atoms with Crippen LogP contribution in [-0.2, 0) is 17.9 Å². The van der Waals surface area contributed by atoms with E-state index in [9.17, 15) is 4.79 Å². The molecule has 0 radical (unpaired) electrons. The normalized spacial score (nSPS) is 10.8. The number of amides is 1. The number of carbonyl (C=O) groups excluding carboxylic acids is 1. The second-order valence-electron chi connectivity index (χ2n) is 5.23. The summed E-state index contributed by atoms with van der Waals surface area (Å²) in [7, 11) is 0. The van der Waals surface area contributed by atoms with Crippen LogP contribution in [0.4, 0.5) is 5.82 Å². The number of aromatic nitrogens is 4. The smallest absolute Gasteiger partial charge is 0.227 e. The van der Waals surface area contributed by atoms with Crippen LogP contribution in [-0.4, -0.2) is 25.5 Å². The van der Waals surface area contributed by atoms with Crippen molar-refractivity contribution in [1.82, 2.24) is 19.6 Å². The number of carbonyl (C=O) groups is 1. The van der Waals surface area contributed by atoms with Gasteiger partial charge in [-0.3, -0.25) is 14.2 Å². The predicted molar refractivity (Wildman–Crippen MR) is 93.3 cm³/mol. The molecule has 6 nitrogen and oxygen atoms in total. The quantitative estimate of drug-likeness (QED) is 0.729. The average Bonchev–Trinajstić information content (AvgIpc) is 3.12. The van der Waals surface area contributed by atoms with Crippen LogP contribution in [0, 0.1) is 0 Å². The number of aryl methyl sites for hydroxylation is 1. The fourth-order valence-corrected chi connectivity index (χ4v) is 2.56. The van der Waals surface area contributed by atoms with Crippen LogP contribution in [0.3, 0.4) is 0 Å². The van der Waals surface area contributed by atoms with Gasteiger partial charge in [0.15, 0.2) is 5.82 Å². The van der Waals surface area contributed by atoms with Crippen molar-refractivity contribution in [2.75, 3.05) is 5.32 Å². The van der Waals surface area contributed by atoms with Crippen LogP contribution < -0.4 is 5.32 Å². The van der Waals surface area contributed by atoms with Crippen molar-refractivity contribution in [3.63, 3.8) is 0 Å². The average molecular weight is 364 g/mol. The standard InChI is InChI=1S/C16H15Cl2N5O/c17-13-8-19-22(10-13)7-6-15(24)20-16-14(18)11-23(21-16)9-12-4-2-1-3-5-12/h1-5,8,10-11H,6-7,9H2,(H,20,21,24). The third kappa shape index (κ3) is 4.37. The van der Waals surface area contributed by atoms with Crippen molar-refractivity contribution in [1.29, 1.82) is 0 Å². The number of rotatable bonds is 6. The molecule has 1 aromatic carbocycles. The maximum atomic E-state index is 12.0. The van der Waals surface area contributed by atoms with Gasteiger partial charge in [0.25, 0.3) is 0 Å². The van der Waals surface area contributed by atoms with Crippen molar-refractivity contribution in [3.05, 3.63) is 64.5 Å². The van der Waals surface area contributed by atoms with Crippen LogP contribution >= 0.6 is 23.2 Å². The lowest BCUT2D eigenvalue weighted by Crippen LogP contribution is -2.15. The largest absolute Gasteiger partial charge is 0.308 e. The van der Waals surface area contributed by atoms with Gasteiger partial charge in [-0.15, -0.1) is 0 Å². The van der Waals surface area contributed by atoms with Crippen molar-refractivity contribution < 1.29 is 4.79 Å². The van der Waals surface area contributed by atoms with Gasteiger partial charge >= 0.3 is 0 Å². The number of nitrogens with zero attached hydrogens (tertiary/aromatic N) is 4. The number of hydrogen-bond donors (Lipinski definition) is 1. The lowest BCUT2D eigenvalue weighted by atomic mass is 10.2. The molecule has 0 bridgehead atoms. The molecule has 24 heavy (non-hydrogen) atoms. The van der Waals surface area contributed by atoms with Gasteiger partial charge in [0.2, 0.25) is 5.91 Å². The summed E-state index contributed by atoms with van der Waals surface area (Å²) in [6, 6.07) is 9.89. The highest BCUT2D eigenvalue weighted by atomic mass is 35.5. The Labute approximate surface area is 149 Å². The molecule has 0 unspecified atom stereocenters. The molecule has 2 aromatic heterocycles. The fourth-order valence-electron chi connectivity index (χ4n) is 2.20. The highest BCUT2D eigenvalue weighted by Crippen LogP contribution is 2.20. The van der Waals surface area contributed by atoms with E-state index >= 15 is 0 Å². The second-order valence-corrected chi connectivity index (χ2v) is 6.07. The number of halogens is 2. The highest BCUT2D eigenvalue weighted by molar-refractivity contribution is 6.33. The van der Waals surface area contributed by atoms with Gasteiger partial charge in [-0.25, -0.2) is 0 Å². The zero-order valence-electron chi connectivity index (χ0n) is 12.7. The molecule has 0 saturated heterocycles. The van der Waals surface area contributed by atoms with Gasteiger partial charge in [-0.1, -0.05) is 53.5 Å². The molecular weight excluding hydrogens is 349 g/mol. The fraction of sp³-hybridized carbons (Fsp3) is 0.188. The van der Waals surface area contributed by atoms with E-state index in [1.807, 2.05) is 30.3 Å². The van der Waals surface area contributed by atoms with E-state index < -0.39 is 0 Å². The molecule has 3 aromatic rings. The molecule has 0 aliphatic rings. The van der Waals surface area contributed by atoms with Crippen molar-refractivity contribution in [3.8, 4) is 0 Å². The minimum absolute atomic E-state index is 0.187. The van der Waals surface area contributed by atoms with E-state index in [1.165, 1.54) is 6.20 Å². The molecule has 0 saturated carbocycles. The molecular formula is C16H15Cl2N5O. The minimum Gasteiger partial charge on any atom is -0.308 e. The summed E-state index contributed by atoms with van der Waals surface area (Å²) in [4.78, 5) is 12.0. The van der Waals surface area contributed by atoms with E-state index in [0.717, 1.165) is 5.56 Å². The first-order valence-electron chi connectivity index (χ1n) is 7.35. The van der Waals surface area contributed by atoms with Crippen LogP contribution in [0.2, 0.25) is 10.0 Å². The maximum Gasteiger partial charge on any atom is 0.227 e. The Hall–Kier alpha value is -2.31. The number of hydrogen-bond acceptors (Lipinski definition) is 3. The summed E-state index contributed by atoms with van der Waals surface area (Å²) >= 11 is 11.9. The molecule has 0 fully saturated rings. The topological polar surface area (TPSA) is 64.7 Å². The molecule has 8 heteroatoms. The molecule has 0 spiro atoms. The van der Waals surface area contributed by atoms with E-state index in [0.29, 0.717) is 29.0 Å². The number of benzene rings is 1. The summed E-state index contributed by atoms with van der Waals surface area (Å²) in [5.41, 5.74) is 1.10. The Morgan fingerprint density at radius 1 is 1.12 bits per heavy atom. The van der Waals surface area contributed by atoms with Crippen LogP contribution in [0.15, 0.2) is 48.9 Å². The predicted octanol–water partition coefficient (Wildman–Crippen LogP) is 3.46. The summed E-state index contributed by atoms with van der Waals surface area (Å²) in [5, 5.41) is 12.0. The van der Waals surface area contributed by atoms with Crippen LogP contribution in [0.25, 0.3) is 0 Å². The molecule has 0 aliphatic carbocycles. The Morgan fingerprint density at radius 3 is 2.62 bits per heavy atom. The van der Waals surface area contributed by atoms with E-state index in [4.69, 9.17) is 23.2 Å².